The Bertz CT molecular complexity index is 573. The van der Waals surface area contributed by atoms with E-state index in [0.717, 1.165) is 0 Å². The fourth-order valence-electron chi connectivity index (χ4n) is 1.82. The number of hydrogen-bond acceptors (Lipinski definition) is 2. The SMILES string of the molecule is Cc1c(-c2ccccc2)oc(C(F)F)c1C(=O)O. The summed E-state index contributed by atoms with van der Waals surface area (Å²) in [6, 6.07) is 8.56. The Morgan fingerprint density at radius 3 is 2.33 bits per heavy atom. The molecule has 0 aliphatic carbocycles. The summed E-state index contributed by atoms with van der Waals surface area (Å²) in [6.07, 6.45) is -2.95. The van der Waals surface area contributed by atoms with Crippen LogP contribution in [-0.2, 0) is 0 Å². The number of alkyl halides is 2. The number of carbonyl (C=O) groups is 1. The first-order valence-corrected chi connectivity index (χ1v) is 5.22. The van der Waals surface area contributed by atoms with Crippen LogP contribution in [0.4, 0.5) is 8.78 Å². The summed E-state index contributed by atoms with van der Waals surface area (Å²) in [6.45, 7) is 1.46. The Balaban J connectivity index is 2.64. The van der Waals surface area contributed by atoms with Gasteiger partial charge in [-0.2, -0.15) is 0 Å². The highest BCUT2D eigenvalue weighted by molar-refractivity contribution is 5.92. The zero-order valence-electron chi connectivity index (χ0n) is 9.48. The predicted molar refractivity (Wildman–Crippen MR) is 60.8 cm³/mol. The van der Waals surface area contributed by atoms with E-state index in [-0.39, 0.29) is 11.3 Å². The second-order valence-corrected chi connectivity index (χ2v) is 3.77. The van der Waals surface area contributed by atoms with E-state index >= 15 is 0 Å². The monoisotopic (exact) mass is 252 g/mol. The molecule has 2 aromatic rings. The fourth-order valence-corrected chi connectivity index (χ4v) is 1.82. The lowest BCUT2D eigenvalue weighted by atomic mass is 10.1. The average molecular weight is 252 g/mol. The molecule has 0 aliphatic heterocycles. The summed E-state index contributed by atoms with van der Waals surface area (Å²) in [7, 11) is 0. The van der Waals surface area contributed by atoms with Gasteiger partial charge in [0.05, 0.1) is 0 Å². The van der Waals surface area contributed by atoms with Gasteiger partial charge in [-0.1, -0.05) is 30.3 Å². The highest BCUT2D eigenvalue weighted by atomic mass is 19.3. The number of furan rings is 1. The molecule has 0 fully saturated rings. The highest BCUT2D eigenvalue weighted by Crippen LogP contribution is 2.35. The van der Waals surface area contributed by atoms with E-state index in [9.17, 15) is 13.6 Å². The summed E-state index contributed by atoms with van der Waals surface area (Å²) < 4.78 is 30.5. The van der Waals surface area contributed by atoms with Crippen molar-refractivity contribution in [1.82, 2.24) is 0 Å². The summed E-state index contributed by atoms with van der Waals surface area (Å²) in [5.41, 5.74) is 0.331. The lowest BCUT2D eigenvalue weighted by Gasteiger charge is -1.97. The largest absolute Gasteiger partial charge is 0.478 e. The van der Waals surface area contributed by atoms with Crippen LogP contribution in [0.1, 0.15) is 28.1 Å². The minimum absolute atomic E-state index is 0.170. The van der Waals surface area contributed by atoms with Crippen LogP contribution in [0, 0.1) is 6.92 Å². The zero-order chi connectivity index (χ0) is 13.3. The van der Waals surface area contributed by atoms with Crippen LogP contribution in [0.5, 0.6) is 0 Å². The Kier molecular flexibility index (Phi) is 3.14. The van der Waals surface area contributed by atoms with Gasteiger partial charge in [0.15, 0.2) is 5.76 Å². The first-order valence-electron chi connectivity index (χ1n) is 5.22. The molecule has 1 heterocycles. The molecule has 0 spiro atoms. The van der Waals surface area contributed by atoms with Gasteiger partial charge < -0.3 is 9.52 Å². The van der Waals surface area contributed by atoms with Gasteiger partial charge in [-0.05, 0) is 6.92 Å². The normalized spacial score (nSPS) is 10.9. The Morgan fingerprint density at radius 2 is 1.89 bits per heavy atom. The lowest BCUT2D eigenvalue weighted by molar-refractivity contribution is 0.0673. The zero-order valence-corrected chi connectivity index (χ0v) is 9.48. The van der Waals surface area contributed by atoms with E-state index in [1.165, 1.54) is 6.92 Å². The van der Waals surface area contributed by atoms with Crippen molar-refractivity contribution in [3.05, 3.63) is 47.2 Å². The maximum atomic E-state index is 12.7. The number of aromatic carboxylic acids is 1. The first kappa shape index (κ1) is 12.3. The minimum atomic E-state index is -2.95. The van der Waals surface area contributed by atoms with Crippen LogP contribution in [0.2, 0.25) is 0 Å². The van der Waals surface area contributed by atoms with E-state index in [0.29, 0.717) is 5.56 Å². The lowest BCUT2D eigenvalue weighted by Crippen LogP contribution is -2.01. The quantitative estimate of drug-likeness (QED) is 0.901. The minimum Gasteiger partial charge on any atom is -0.478 e. The van der Waals surface area contributed by atoms with Crippen molar-refractivity contribution in [3.63, 3.8) is 0 Å². The van der Waals surface area contributed by atoms with Crippen molar-refractivity contribution < 1.29 is 23.1 Å². The van der Waals surface area contributed by atoms with Gasteiger partial charge in [0.2, 0.25) is 0 Å². The number of carboxylic acid groups (broad SMARTS) is 1. The fraction of sp³-hybridized carbons (Fsp3) is 0.154. The van der Waals surface area contributed by atoms with E-state index in [4.69, 9.17) is 9.52 Å². The molecule has 0 radical (unpaired) electrons. The Hall–Kier alpha value is -2.17. The predicted octanol–water partition coefficient (Wildman–Crippen LogP) is 3.89. The van der Waals surface area contributed by atoms with Gasteiger partial charge in [0.25, 0.3) is 6.43 Å². The molecule has 3 nitrogen and oxygen atoms in total. The molecule has 5 heteroatoms. The summed E-state index contributed by atoms with van der Waals surface area (Å²) in [5.74, 6) is -2.03. The average Bonchev–Trinajstić information content (AvgIpc) is 2.68. The first-order chi connectivity index (χ1) is 8.52. The molecule has 0 saturated heterocycles. The van der Waals surface area contributed by atoms with Crippen molar-refractivity contribution in [2.24, 2.45) is 0 Å². The van der Waals surface area contributed by atoms with Crippen LogP contribution >= 0.6 is 0 Å². The van der Waals surface area contributed by atoms with Crippen molar-refractivity contribution in [3.8, 4) is 11.3 Å². The molecule has 18 heavy (non-hydrogen) atoms. The molecule has 0 amide bonds. The van der Waals surface area contributed by atoms with Gasteiger partial charge in [-0.3, -0.25) is 0 Å². The number of benzene rings is 1. The Morgan fingerprint density at radius 1 is 1.28 bits per heavy atom. The van der Waals surface area contributed by atoms with E-state index < -0.39 is 23.7 Å². The summed E-state index contributed by atoms with van der Waals surface area (Å²) in [5, 5.41) is 8.96. The van der Waals surface area contributed by atoms with Crippen LogP contribution in [-0.4, -0.2) is 11.1 Å². The number of hydrogen-bond donors (Lipinski definition) is 1. The van der Waals surface area contributed by atoms with Gasteiger partial charge in [-0.15, -0.1) is 0 Å². The van der Waals surface area contributed by atoms with Crippen LogP contribution in [0.25, 0.3) is 11.3 Å². The maximum absolute atomic E-state index is 12.7. The van der Waals surface area contributed by atoms with Crippen molar-refractivity contribution in [2.75, 3.05) is 0 Å². The van der Waals surface area contributed by atoms with E-state index in [2.05, 4.69) is 0 Å². The summed E-state index contributed by atoms with van der Waals surface area (Å²) in [4.78, 5) is 11.0. The van der Waals surface area contributed by atoms with Crippen LogP contribution < -0.4 is 0 Å². The molecular weight excluding hydrogens is 242 g/mol. The van der Waals surface area contributed by atoms with Crippen molar-refractivity contribution in [2.45, 2.75) is 13.3 Å². The number of carboxylic acids is 1. The standard InChI is InChI=1S/C13H10F2O3/c1-7-9(13(16)17)11(12(14)15)18-10(7)8-5-3-2-4-6-8/h2-6,12H,1H3,(H,16,17). The molecule has 1 aromatic carbocycles. The number of halogens is 2. The second kappa shape index (κ2) is 4.60. The summed E-state index contributed by atoms with van der Waals surface area (Å²) >= 11 is 0. The second-order valence-electron chi connectivity index (χ2n) is 3.77. The Labute approximate surface area is 102 Å². The molecule has 0 aliphatic rings. The third-order valence-corrected chi connectivity index (χ3v) is 2.62. The molecule has 1 aromatic heterocycles. The van der Waals surface area contributed by atoms with Gasteiger partial charge >= 0.3 is 5.97 Å². The van der Waals surface area contributed by atoms with Crippen molar-refractivity contribution >= 4 is 5.97 Å². The van der Waals surface area contributed by atoms with Crippen LogP contribution in [0.3, 0.4) is 0 Å². The molecular formula is C13H10F2O3. The van der Waals surface area contributed by atoms with Crippen molar-refractivity contribution in [1.29, 1.82) is 0 Å². The molecule has 0 saturated carbocycles. The molecule has 94 valence electrons. The number of rotatable bonds is 3. The van der Waals surface area contributed by atoms with Crippen LogP contribution in [0.15, 0.2) is 34.7 Å². The highest BCUT2D eigenvalue weighted by Gasteiger charge is 2.28. The van der Waals surface area contributed by atoms with E-state index in [1.54, 1.807) is 30.3 Å². The third-order valence-electron chi connectivity index (χ3n) is 2.62. The molecule has 0 bridgehead atoms. The molecule has 0 atom stereocenters. The van der Waals surface area contributed by atoms with Gasteiger partial charge in [-0.25, -0.2) is 13.6 Å². The smallest absolute Gasteiger partial charge is 0.339 e. The maximum Gasteiger partial charge on any atom is 0.339 e. The molecule has 1 N–H and O–H groups in total. The molecule has 2 rings (SSSR count). The van der Waals surface area contributed by atoms with Gasteiger partial charge in [0, 0.05) is 11.1 Å². The topological polar surface area (TPSA) is 50.4 Å². The van der Waals surface area contributed by atoms with E-state index in [1.807, 2.05) is 0 Å². The third kappa shape index (κ3) is 1.99. The van der Waals surface area contributed by atoms with Gasteiger partial charge in [0.1, 0.15) is 11.3 Å². The molecule has 0 unspecified atom stereocenters.